The monoisotopic (exact) mass is 400 g/mol. The SMILES string of the molecule is Cc1ncc(C(=O)N2C[C@H]3[C@H](N(C)C)CS(=O)(=O)[C@H]3C2)c(-c2ccccc2)n1. The zero-order valence-electron chi connectivity index (χ0n) is 16.2. The summed E-state index contributed by atoms with van der Waals surface area (Å²) in [5, 5.41) is -0.490. The van der Waals surface area contributed by atoms with E-state index in [2.05, 4.69) is 9.97 Å². The smallest absolute Gasteiger partial charge is 0.257 e. The normalized spacial score (nSPS) is 25.9. The second-order valence-corrected chi connectivity index (χ2v) is 10.1. The highest BCUT2D eigenvalue weighted by Crippen LogP contribution is 2.37. The van der Waals surface area contributed by atoms with Crippen molar-refractivity contribution in [3.8, 4) is 11.3 Å². The maximum atomic E-state index is 13.3. The van der Waals surface area contributed by atoms with Crippen LogP contribution in [0.15, 0.2) is 36.5 Å². The van der Waals surface area contributed by atoms with Gasteiger partial charge < -0.3 is 9.80 Å². The number of sulfone groups is 1. The summed E-state index contributed by atoms with van der Waals surface area (Å²) in [7, 11) is 0.592. The van der Waals surface area contributed by atoms with Gasteiger partial charge in [-0.25, -0.2) is 18.4 Å². The molecule has 4 rings (SSSR count). The number of nitrogens with zero attached hydrogens (tertiary/aromatic N) is 4. The molecule has 0 bridgehead atoms. The first-order valence-corrected chi connectivity index (χ1v) is 11.1. The Morgan fingerprint density at radius 3 is 2.57 bits per heavy atom. The minimum Gasteiger partial charge on any atom is -0.337 e. The lowest BCUT2D eigenvalue weighted by molar-refractivity contribution is 0.0779. The van der Waals surface area contributed by atoms with E-state index in [0.29, 0.717) is 23.6 Å². The number of benzene rings is 1. The predicted molar refractivity (Wildman–Crippen MR) is 107 cm³/mol. The molecule has 148 valence electrons. The Labute approximate surface area is 165 Å². The zero-order valence-corrected chi connectivity index (χ0v) is 17.1. The van der Waals surface area contributed by atoms with Gasteiger partial charge in [-0.05, 0) is 21.0 Å². The van der Waals surface area contributed by atoms with Gasteiger partial charge in [0, 0.05) is 36.8 Å². The van der Waals surface area contributed by atoms with E-state index in [0.717, 1.165) is 5.56 Å². The van der Waals surface area contributed by atoms with Gasteiger partial charge in [0.15, 0.2) is 9.84 Å². The van der Waals surface area contributed by atoms with Gasteiger partial charge in [-0.15, -0.1) is 0 Å². The molecule has 0 radical (unpaired) electrons. The topological polar surface area (TPSA) is 83.5 Å². The molecule has 28 heavy (non-hydrogen) atoms. The van der Waals surface area contributed by atoms with Crippen molar-refractivity contribution in [3.05, 3.63) is 47.9 Å². The predicted octanol–water partition coefficient (Wildman–Crippen LogP) is 1.25. The molecule has 8 heteroatoms. The third-order valence-corrected chi connectivity index (χ3v) is 8.03. The Bertz CT molecular complexity index is 1010. The molecule has 2 aliphatic rings. The molecule has 0 unspecified atom stereocenters. The maximum Gasteiger partial charge on any atom is 0.257 e. The minimum absolute atomic E-state index is 0.0596. The summed E-state index contributed by atoms with van der Waals surface area (Å²) in [4.78, 5) is 25.6. The largest absolute Gasteiger partial charge is 0.337 e. The summed E-state index contributed by atoms with van der Waals surface area (Å²) in [6, 6.07) is 9.46. The van der Waals surface area contributed by atoms with Crippen LogP contribution in [0.1, 0.15) is 16.2 Å². The molecule has 1 amide bonds. The van der Waals surface area contributed by atoms with Crippen LogP contribution in [-0.2, 0) is 9.84 Å². The van der Waals surface area contributed by atoms with Crippen LogP contribution in [0.3, 0.4) is 0 Å². The lowest BCUT2D eigenvalue weighted by atomic mass is 10.00. The van der Waals surface area contributed by atoms with Gasteiger partial charge in [-0.2, -0.15) is 0 Å². The third-order valence-electron chi connectivity index (χ3n) is 5.80. The minimum atomic E-state index is -3.20. The van der Waals surface area contributed by atoms with Crippen LogP contribution < -0.4 is 0 Å². The lowest BCUT2D eigenvalue weighted by Gasteiger charge is -2.25. The number of aromatic nitrogens is 2. The van der Waals surface area contributed by atoms with Crippen LogP contribution in [0.4, 0.5) is 0 Å². The van der Waals surface area contributed by atoms with E-state index in [-0.39, 0.29) is 30.2 Å². The second-order valence-electron chi connectivity index (χ2n) is 7.82. The van der Waals surface area contributed by atoms with Crippen molar-refractivity contribution in [3.63, 3.8) is 0 Å². The molecule has 7 nitrogen and oxygen atoms in total. The number of fused-ring (bicyclic) bond motifs is 1. The molecule has 0 N–H and O–H groups in total. The highest BCUT2D eigenvalue weighted by atomic mass is 32.2. The fourth-order valence-electron chi connectivity index (χ4n) is 4.34. The maximum absolute atomic E-state index is 13.3. The highest BCUT2D eigenvalue weighted by molar-refractivity contribution is 7.92. The van der Waals surface area contributed by atoms with Crippen molar-refractivity contribution in [2.75, 3.05) is 32.9 Å². The summed E-state index contributed by atoms with van der Waals surface area (Å²) in [5.41, 5.74) is 1.84. The van der Waals surface area contributed by atoms with Crippen molar-refractivity contribution in [2.45, 2.75) is 18.2 Å². The molecule has 2 saturated heterocycles. The van der Waals surface area contributed by atoms with Crippen molar-refractivity contribution in [1.29, 1.82) is 0 Å². The van der Waals surface area contributed by atoms with Gasteiger partial charge in [-0.1, -0.05) is 30.3 Å². The lowest BCUT2D eigenvalue weighted by Crippen LogP contribution is -2.38. The first kappa shape index (κ1) is 19.0. The van der Waals surface area contributed by atoms with Crippen LogP contribution in [0.5, 0.6) is 0 Å². The molecule has 2 fully saturated rings. The number of rotatable bonds is 3. The Kier molecular flexibility index (Phi) is 4.71. The first-order valence-electron chi connectivity index (χ1n) is 9.34. The van der Waals surface area contributed by atoms with E-state index in [1.807, 2.05) is 49.3 Å². The summed E-state index contributed by atoms with van der Waals surface area (Å²) < 4.78 is 25.2. The molecule has 0 spiro atoms. The molecule has 3 atom stereocenters. The molecule has 0 aliphatic carbocycles. The zero-order chi connectivity index (χ0) is 20.1. The summed E-state index contributed by atoms with van der Waals surface area (Å²) in [5.74, 6) is 0.487. The second kappa shape index (κ2) is 6.93. The fraction of sp³-hybridized carbons (Fsp3) is 0.450. The van der Waals surface area contributed by atoms with Gasteiger partial charge in [-0.3, -0.25) is 4.79 Å². The summed E-state index contributed by atoms with van der Waals surface area (Å²) in [6.07, 6.45) is 1.55. The van der Waals surface area contributed by atoms with E-state index >= 15 is 0 Å². The van der Waals surface area contributed by atoms with E-state index < -0.39 is 15.1 Å². The molecule has 1 aromatic heterocycles. The number of hydrogen-bond donors (Lipinski definition) is 0. The van der Waals surface area contributed by atoms with E-state index in [1.165, 1.54) is 0 Å². The fourth-order valence-corrected chi connectivity index (χ4v) is 6.82. The summed E-state index contributed by atoms with van der Waals surface area (Å²) in [6.45, 7) is 2.46. The third kappa shape index (κ3) is 3.20. The highest BCUT2D eigenvalue weighted by Gasteiger charge is 2.53. The molecule has 2 aliphatic heterocycles. The van der Waals surface area contributed by atoms with E-state index in [1.54, 1.807) is 18.0 Å². The standard InChI is InChI=1S/C20H24N4O3S/c1-13-21-9-15(19(22-13)14-7-5-4-6-8-14)20(25)24-10-16-17(23(2)3)12-28(26,27)18(16)11-24/h4-9,16-18H,10-12H2,1-3H3/t16-,17+,18-/m0/s1. The van der Waals surface area contributed by atoms with Crippen LogP contribution >= 0.6 is 0 Å². The van der Waals surface area contributed by atoms with Gasteiger partial charge in [0.05, 0.1) is 22.3 Å². The first-order chi connectivity index (χ1) is 13.3. The Hall–Kier alpha value is -2.32. The number of hydrogen-bond acceptors (Lipinski definition) is 6. The average Bonchev–Trinajstić information content (AvgIpc) is 3.21. The number of aryl methyl sites for hydroxylation is 1. The van der Waals surface area contributed by atoms with Crippen molar-refractivity contribution in [1.82, 2.24) is 19.8 Å². The Balaban J connectivity index is 1.67. The number of likely N-dealkylation sites (tertiary alicyclic amines) is 1. The molecule has 2 aromatic rings. The number of amides is 1. The van der Waals surface area contributed by atoms with Crippen molar-refractivity contribution >= 4 is 15.7 Å². The van der Waals surface area contributed by atoms with E-state index in [9.17, 15) is 13.2 Å². The van der Waals surface area contributed by atoms with Gasteiger partial charge in [0.2, 0.25) is 0 Å². The van der Waals surface area contributed by atoms with Crippen LogP contribution in [0, 0.1) is 12.8 Å². The average molecular weight is 401 g/mol. The van der Waals surface area contributed by atoms with E-state index in [4.69, 9.17) is 0 Å². The Morgan fingerprint density at radius 1 is 1.18 bits per heavy atom. The number of carbonyl (C=O) groups excluding carboxylic acids is 1. The molecular formula is C20H24N4O3S. The quantitative estimate of drug-likeness (QED) is 0.771. The molecule has 0 saturated carbocycles. The van der Waals surface area contributed by atoms with Crippen LogP contribution in [0.2, 0.25) is 0 Å². The van der Waals surface area contributed by atoms with Crippen molar-refractivity contribution < 1.29 is 13.2 Å². The van der Waals surface area contributed by atoms with Crippen LogP contribution in [0.25, 0.3) is 11.3 Å². The summed E-state index contributed by atoms with van der Waals surface area (Å²) >= 11 is 0. The van der Waals surface area contributed by atoms with Gasteiger partial charge >= 0.3 is 0 Å². The molecule has 3 heterocycles. The Morgan fingerprint density at radius 2 is 1.89 bits per heavy atom. The van der Waals surface area contributed by atoms with Crippen molar-refractivity contribution in [2.24, 2.45) is 5.92 Å². The van der Waals surface area contributed by atoms with Crippen LogP contribution in [-0.4, -0.2) is 78.3 Å². The number of carbonyl (C=O) groups is 1. The molecule has 1 aromatic carbocycles. The molecular weight excluding hydrogens is 376 g/mol. The van der Waals surface area contributed by atoms with Gasteiger partial charge in [0.25, 0.3) is 5.91 Å². The van der Waals surface area contributed by atoms with Gasteiger partial charge in [0.1, 0.15) is 5.82 Å².